The van der Waals surface area contributed by atoms with Crippen LogP contribution >= 0.6 is 0 Å². The number of anilines is 1. The highest BCUT2D eigenvalue weighted by Crippen LogP contribution is 2.20. The predicted molar refractivity (Wildman–Crippen MR) is 70.5 cm³/mol. The first-order valence-corrected chi connectivity index (χ1v) is 7.54. The molecule has 0 unspecified atom stereocenters. The maximum atomic E-state index is 10.9. The van der Waals surface area contributed by atoms with Crippen LogP contribution in [-0.4, -0.2) is 34.1 Å². The Morgan fingerprint density at radius 2 is 2.06 bits per heavy atom. The third-order valence-corrected chi connectivity index (χ3v) is 3.47. The topological polar surface area (TPSA) is 55.4 Å². The van der Waals surface area contributed by atoms with Crippen molar-refractivity contribution in [3.63, 3.8) is 0 Å². The van der Waals surface area contributed by atoms with Crippen molar-refractivity contribution in [2.75, 3.05) is 31.0 Å². The highest BCUT2D eigenvalue weighted by Gasteiger charge is 2.02. The zero-order valence-electron chi connectivity index (χ0n) is 10.5. The molecule has 1 aromatic carbocycles. The minimum Gasteiger partial charge on any atom is -0.497 e. The van der Waals surface area contributed by atoms with Gasteiger partial charge >= 0.3 is 0 Å². The summed E-state index contributed by atoms with van der Waals surface area (Å²) in [7, 11) is -1.23. The van der Waals surface area contributed by atoms with E-state index in [1.54, 1.807) is 7.11 Å². The molecule has 1 aromatic rings. The zero-order chi connectivity index (χ0) is 12.9. The van der Waals surface area contributed by atoms with Crippen molar-refractivity contribution >= 4 is 15.5 Å². The monoisotopic (exact) mass is 257 g/mol. The normalized spacial score (nSPS) is 11.2. The van der Waals surface area contributed by atoms with Crippen molar-refractivity contribution in [3.05, 3.63) is 23.8 Å². The fourth-order valence-electron chi connectivity index (χ4n) is 1.52. The molecule has 0 saturated heterocycles. The van der Waals surface area contributed by atoms with Gasteiger partial charge in [-0.1, -0.05) is 0 Å². The number of benzene rings is 1. The third-order valence-electron chi connectivity index (χ3n) is 2.44. The molecule has 0 bridgehead atoms. The lowest BCUT2D eigenvalue weighted by Gasteiger charge is -2.10. The van der Waals surface area contributed by atoms with Gasteiger partial charge in [0, 0.05) is 18.5 Å². The molecule has 0 atom stereocenters. The van der Waals surface area contributed by atoms with Gasteiger partial charge in [-0.05, 0) is 37.1 Å². The second-order valence-electron chi connectivity index (χ2n) is 4.09. The molecule has 0 saturated carbocycles. The summed E-state index contributed by atoms with van der Waals surface area (Å²) < 4.78 is 27.0. The second-order valence-corrected chi connectivity index (χ2v) is 6.35. The number of hydrogen-bond donors (Lipinski definition) is 1. The number of ether oxygens (including phenoxy) is 1. The molecule has 0 radical (unpaired) electrons. The van der Waals surface area contributed by atoms with E-state index in [9.17, 15) is 8.42 Å². The van der Waals surface area contributed by atoms with Crippen molar-refractivity contribution in [2.45, 2.75) is 13.3 Å². The van der Waals surface area contributed by atoms with Crippen LogP contribution in [0, 0.1) is 6.92 Å². The fraction of sp³-hybridized carbons (Fsp3) is 0.500. The highest BCUT2D eigenvalue weighted by atomic mass is 32.2. The van der Waals surface area contributed by atoms with E-state index in [0.717, 1.165) is 17.0 Å². The summed E-state index contributed by atoms with van der Waals surface area (Å²) in [6, 6.07) is 5.76. The van der Waals surface area contributed by atoms with Crippen LogP contribution in [0.15, 0.2) is 18.2 Å². The first-order valence-electron chi connectivity index (χ1n) is 5.48. The Balaban J connectivity index is 2.47. The molecule has 0 aliphatic carbocycles. The van der Waals surface area contributed by atoms with Crippen molar-refractivity contribution in [1.29, 1.82) is 0 Å². The standard InChI is InChI=1S/C12H19NO3S/c1-10-9-11(16-2)5-6-12(10)13-7-4-8-17(3,14)15/h5-6,9,13H,4,7-8H2,1-3H3. The van der Waals surface area contributed by atoms with E-state index in [4.69, 9.17) is 4.74 Å². The first kappa shape index (κ1) is 13.8. The van der Waals surface area contributed by atoms with E-state index in [2.05, 4.69) is 5.32 Å². The summed E-state index contributed by atoms with van der Waals surface area (Å²) in [6.45, 7) is 2.64. The Morgan fingerprint density at radius 3 is 2.59 bits per heavy atom. The Kier molecular flexibility index (Phi) is 4.81. The number of hydrogen-bond acceptors (Lipinski definition) is 4. The molecule has 0 amide bonds. The number of sulfone groups is 1. The van der Waals surface area contributed by atoms with Crippen molar-refractivity contribution < 1.29 is 13.2 Å². The first-order chi connectivity index (χ1) is 7.92. The van der Waals surface area contributed by atoms with Crippen LogP contribution in [0.2, 0.25) is 0 Å². The van der Waals surface area contributed by atoms with Crippen LogP contribution in [0.4, 0.5) is 5.69 Å². The molecular formula is C12H19NO3S. The average molecular weight is 257 g/mol. The molecule has 0 aliphatic rings. The van der Waals surface area contributed by atoms with Gasteiger partial charge in [0.25, 0.3) is 0 Å². The van der Waals surface area contributed by atoms with E-state index < -0.39 is 9.84 Å². The van der Waals surface area contributed by atoms with Gasteiger partial charge in [0.15, 0.2) is 0 Å². The van der Waals surface area contributed by atoms with Crippen LogP contribution in [0.3, 0.4) is 0 Å². The van der Waals surface area contributed by atoms with E-state index in [1.165, 1.54) is 6.26 Å². The van der Waals surface area contributed by atoms with Crippen LogP contribution in [0.5, 0.6) is 5.75 Å². The van der Waals surface area contributed by atoms with Gasteiger partial charge in [-0.3, -0.25) is 0 Å². The Bertz CT molecular complexity index is 469. The number of rotatable bonds is 6. The van der Waals surface area contributed by atoms with Crippen molar-refractivity contribution in [1.82, 2.24) is 0 Å². The largest absolute Gasteiger partial charge is 0.497 e. The van der Waals surface area contributed by atoms with Gasteiger partial charge in [0.05, 0.1) is 12.9 Å². The van der Waals surface area contributed by atoms with Gasteiger partial charge in [-0.15, -0.1) is 0 Å². The minimum atomic E-state index is -2.86. The molecule has 0 fully saturated rings. The summed E-state index contributed by atoms with van der Waals surface area (Å²) in [5, 5.41) is 3.22. The molecule has 0 aliphatic heterocycles. The number of methoxy groups -OCH3 is 1. The lowest BCUT2D eigenvalue weighted by molar-refractivity contribution is 0.414. The second kappa shape index (κ2) is 5.91. The van der Waals surface area contributed by atoms with Gasteiger partial charge in [0.1, 0.15) is 15.6 Å². The van der Waals surface area contributed by atoms with E-state index in [0.29, 0.717) is 13.0 Å². The van der Waals surface area contributed by atoms with Gasteiger partial charge < -0.3 is 10.1 Å². The summed E-state index contributed by atoms with van der Waals surface area (Å²) in [5.74, 6) is 1.04. The van der Waals surface area contributed by atoms with Crippen molar-refractivity contribution in [3.8, 4) is 5.75 Å². The lowest BCUT2D eigenvalue weighted by Crippen LogP contribution is -2.10. The summed E-state index contributed by atoms with van der Waals surface area (Å²) in [4.78, 5) is 0. The van der Waals surface area contributed by atoms with Gasteiger partial charge in [-0.25, -0.2) is 8.42 Å². The maximum Gasteiger partial charge on any atom is 0.147 e. The van der Waals surface area contributed by atoms with E-state index in [1.807, 2.05) is 25.1 Å². The smallest absolute Gasteiger partial charge is 0.147 e. The third kappa shape index (κ3) is 5.08. The van der Waals surface area contributed by atoms with E-state index in [-0.39, 0.29) is 5.75 Å². The SMILES string of the molecule is COc1ccc(NCCCS(C)(=O)=O)c(C)c1. The summed E-state index contributed by atoms with van der Waals surface area (Å²) in [6.07, 6.45) is 1.87. The molecule has 0 heterocycles. The number of aryl methyl sites for hydroxylation is 1. The van der Waals surface area contributed by atoms with E-state index >= 15 is 0 Å². The molecule has 0 aromatic heterocycles. The Labute approximate surface area is 103 Å². The molecule has 1 N–H and O–H groups in total. The van der Waals surface area contributed by atoms with Crippen LogP contribution in [-0.2, 0) is 9.84 Å². The molecule has 4 nitrogen and oxygen atoms in total. The van der Waals surface area contributed by atoms with Crippen LogP contribution < -0.4 is 10.1 Å². The molecule has 0 spiro atoms. The minimum absolute atomic E-state index is 0.217. The summed E-state index contributed by atoms with van der Waals surface area (Å²) >= 11 is 0. The maximum absolute atomic E-state index is 10.9. The molecule has 1 rings (SSSR count). The average Bonchev–Trinajstić information content (AvgIpc) is 2.24. The van der Waals surface area contributed by atoms with Crippen molar-refractivity contribution in [2.24, 2.45) is 0 Å². The quantitative estimate of drug-likeness (QED) is 0.790. The number of nitrogens with one attached hydrogen (secondary N) is 1. The molecule has 17 heavy (non-hydrogen) atoms. The molecule has 5 heteroatoms. The lowest BCUT2D eigenvalue weighted by atomic mass is 10.2. The van der Waals surface area contributed by atoms with Crippen LogP contribution in [0.1, 0.15) is 12.0 Å². The predicted octanol–water partition coefficient (Wildman–Crippen LogP) is 1.85. The molecular weight excluding hydrogens is 238 g/mol. The fourth-order valence-corrected chi connectivity index (χ4v) is 2.19. The highest BCUT2D eigenvalue weighted by molar-refractivity contribution is 7.90. The zero-order valence-corrected chi connectivity index (χ0v) is 11.3. The van der Waals surface area contributed by atoms with Gasteiger partial charge in [-0.2, -0.15) is 0 Å². The summed E-state index contributed by atoms with van der Waals surface area (Å²) in [5.41, 5.74) is 2.10. The van der Waals surface area contributed by atoms with Crippen LogP contribution in [0.25, 0.3) is 0 Å². The van der Waals surface area contributed by atoms with Gasteiger partial charge in [0.2, 0.25) is 0 Å². The molecule has 96 valence electrons. The Morgan fingerprint density at radius 1 is 1.35 bits per heavy atom. The Hall–Kier alpha value is -1.23.